The Morgan fingerprint density at radius 1 is 1.53 bits per heavy atom. The van der Waals surface area contributed by atoms with Crippen LogP contribution in [-0.4, -0.2) is 33.3 Å². The van der Waals surface area contributed by atoms with Gasteiger partial charge in [0.05, 0.1) is 18.1 Å². The number of aldehydes is 1. The molecule has 1 aromatic heterocycles. The molecule has 0 N–H and O–H groups in total. The average Bonchev–Trinajstić information content (AvgIpc) is 2.78. The highest BCUT2D eigenvalue weighted by Crippen LogP contribution is 2.19. The van der Waals surface area contributed by atoms with Gasteiger partial charge in [-0.2, -0.15) is 0 Å². The number of rotatable bonds is 4. The maximum atomic E-state index is 11.1. The Bertz CT molecular complexity index is 372. The number of piperidine rings is 1. The van der Waals surface area contributed by atoms with E-state index >= 15 is 0 Å². The average molecular weight is 235 g/mol. The number of aromatic nitrogens is 2. The van der Waals surface area contributed by atoms with Gasteiger partial charge in [0.2, 0.25) is 0 Å². The van der Waals surface area contributed by atoms with E-state index in [1.807, 2.05) is 12.5 Å². The van der Waals surface area contributed by atoms with Crippen molar-refractivity contribution in [2.45, 2.75) is 51.7 Å². The van der Waals surface area contributed by atoms with Gasteiger partial charge in [0.25, 0.3) is 0 Å². The van der Waals surface area contributed by atoms with Crippen molar-refractivity contribution >= 4 is 6.29 Å². The van der Waals surface area contributed by atoms with Crippen molar-refractivity contribution in [1.82, 2.24) is 14.5 Å². The number of nitrogens with zero attached hydrogens (tertiary/aromatic N) is 3. The summed E-state index contributed by atoms with van der Waals surface area (Å²) in [6.45, 7) is 6.16. The summed E-state index contributed by atoms with van der Waals surface area (Å²) in [7, 11) is 0. The summed E-state index contributed by atoms with van der Waals surface area (Å²) in [5.74, 6) is 0. The normalized spacial score (nSPS) is 21.9. The minimum atomic E-state index is 0.0965. The molecule has 0 bridgehead atoms. The zero-order valence-electron chi connectivity index (χ0n) is 10.7. The second-order valence-electron chi connectivity index (χ2n) is 5.06. The van der Waals surface area contributed by atoms with E-state index in [4.69, 9.17) is 0 Å². The van der Waals surface area contributed by atoms with E-state index in [-0.39, 0.29) is 6.04 Å². The van der Waals surface area contributed by atoms with E-state index in [1.54, 1.807) is 0 Å². The van der Waals surface area contributed by atoms with Crippen molar-refractivity contribution in [2.24, 2.45) is 0 Å². The summed E-state index contributed by atoms with van der Waals surface area (Å²) >= 11 is 0. The molecule has 94 valence electrons. The smallest absolute Gasteiger partial charge is 0.137 e. The number of carbonyl (C=O) groups is 1. The second kappa shape index (κ2) is 5.45. The molecule has 0 spiro atoms. The van der Waals surface area contributed by atoms with Gasteiger partial charge >= 0.3 is 0 Å². The largest absolute Gasteiger partial charge is 0.331 e. The Labute approximate surface area is 103 Å². The Morgan fingerprint density at radius 2 is 2.35 bits per heavy atom. The van der Waals surface area contributed by atoms with E-state index in [2.05, 4.69) is 28.3 Å². The second-order valence-corrected chi connectivity index (χ2v) is 5.06. The fourth-order valence-corrected chi connectivity index (χ4v) is 2.49. The molecule has 0 saturated carbocycles. The van der Waals surface area contributed by atoms with Crippen LogP contribution in [0.3, 0.4) is 0 Å². The third-order valence-corrected chi connectivity index (χ3v) is 3.49. The number of hydrogen-bond donors (Lipinski definition) is 0. The molecule has 17 heavy (non-hydrogen) atoms. The van der Waals surface area contributed by atoms with Crippen molar-refractivity contribution in [3.8, 4) is 0 Å². The summed E-state index contributed by atoms with van der Waals surface area (Å²) in [4.78, 5) is 17.5. The molecule has 2 heterocycles. The van der Waals surface area contributed by atoms with Crippen LogP contribution in [0.5, 0.6) is 0 Å². The van der Waals surface area contributed by atoms with Crippen LogP contribution in [0.15, 0.2) is 12.5 Å². The fraction of sp³-hybridized carbons (Fsp3) is 0.692. The van der Waals surface area contributed by atoms with Crippen LogP contribution in [0.4, 0.5) is 0 Å². The van der Waals surface area contributed by atoms with Crippen LogP contribution in [0, 0.1) is 0 Å². The SMILES string of the molecule is CC(C)n1cncc1CN1CCCCC1C=O. The Balaban J connectivity index is 2.08. The number of imidazole rings is 1. The Morgan fingerprint density at radius 3 is 3.06 bits per heavy atom. The first kappa shape index (κ1) is 12.3. The van der Waals surface area contributed by atoms with Gasteiger partial charge in [-0.3, -0.25) is 4.90 Å². The molecule has 2 rings (SSSR count). The maximum Gasteiger partial charge on any atom is 0.137 e. The van der Waals surface area contributed by atoms with Crippen LogP contribution in [0.25, 0.3) is 0 Å². The lowest BCUT2D eigenvalue weighted by Crippen LogP contribution is -2.40. The summed E-state index contributed by atoms with van der Waals surface area (Å²) < 4.78 is 2.18. The topological polar surface area (TPSA) is 38.1 Å². The summed E-state index contributed by atoms with van der Waals surface area (Å²) in [6.07, 6.45) is 8.24. The van der Waals surface area contributed by atoms with E-state index in [0.29, 0.717) is 6.04 Å². The molecule has 1 atom stereocenters. The summed E-state index contributed by atoms with van der Waals surface area (Å²) in [5.41, 5.74) is 1.20. The van der Waals surface area contributed by atoms with Crippen molar-refractivity contribution < 1.29 is 4.79 Å². The first-order valence-corrected chi connectivity index (χ1v) is 6.42. The monoisotopic (exact) mass is 235 g/mol. The van der Waals surface area contributed by atoms with E-state index in [0.717, 1.165) is 25.8 Å². The van der Waals surface area contributed by atoms with Gasteiger partial charge in [0, 0.05) is 18.8 Å². The number of likely N-dealkylation sites (tertiary alicyclic amines) is 1. The molecule has 1 aliphatic heterocycles. The van der Waals surface area contributed by atoms with E-state index in [9.17, 15) is 4.79 Å². The minimum Gasteiger partial charge on any atom is -0.331 e. The predicted molar refractivity (Wildman–Crippen MR) is 66.7 cm³/mol. The lowest BCUT2D eigenvalue weighted by Gasteiger charge is -2.32. The highest BCUT2D eigenvalue weighted by Gasteiger charge is 2.22. The molecule has 4 nitrogen and oxygen atoms in total. The standard InChI is InChI=1S/C13H21N3O/c1-11(2)16-10-14-7-13(16)8-15-6-4-3-5-12(15)9-17/h7,9-12H,3-6,8H2,1-2H3. The summed E-state index contributed by atoms with van der Waals surface area (Å²) in [6, 6.07) is 0.520. The highest BCUT2D eigenvalue weighted by atomic mass is 16.1. The number of hydrogen-bond acceptors (Lipinski definition) is 3. The molecule has 1 aliphatic rings. The predicted octanol–water partition coefficient (Wildman–Crippen LogP) is 2.02. The minimum absolute atomic E-state index is 0.0965. The van der Waals surface area contributed by atoms with Gasteiger partial charge < -0.3 is 9.36 Å². The van der Waals surface area contributed by atoms with E-state index in [1.165, 1.54) is 18.5 Å². The van der Waals surface area contributed by atoms with Crippen LogP contribution in [0.1, 0.15) is 44.8 Å². The zero-order valence-corrected chi connectivity index (χ0v) is 10.7. The Hall–Kier alpha value is -1.16. The molecule has 1 aromatic rings. The van der Waals surface area contributed by atoms with Gasteiger partial charge in [-0.25, -0.2) is 4.98 Å². The van der Waals surface area contributed by atoms with Crippen LogP contribution < -0.4 is 0 Å². The molecule has 0 aromatic carbocycles. The zero-order chi connectivity index (χ0) is 12.3. The van der Waals surface area contributed by atoms with Gasteiger partial charge in [-0.05, 0) is 33.2 Å². The highest BCUT2D eigenvalue weighted by molar-refractivity contribution is 5.57. The first-order chi connectivity index (χ1) is 8.22. The molecule has 4 heteroatoms. The summed E-state index contributed by atoms with van der Waals surface area (Å²) in [5, 5.41) is 0. The molecule has 0 radical (unpaired) electrons. The van der Waals surface area contributed by atoms with Gasteiger partial charge in [0.1, 0.15) is 6.29 Å². The van der Waals surface area contributed by atoms with Crippen molar-refractivity contribution in [3.63, 3.8) is 0 Å². The molecule has 1 fully saturated rings. The lowest BCUT2D eigenvalue weighted by molar-refractivity contribution is -0.113. The van der Waals surface area contributed by atoms with Gasteiger partial charge in [-0.1, -0.05) is 6.42 Å². The molecule has 1 saturated heterocycles. The van der Waals surface area contributed by atoms with Crippen molar-refractivity contribution in [3.05, 3.63) is 18.2 Å². The van der Waals surface area contributed by atoms with Gasteiger partial charge in [0.15, 0.2) is 0 Å². The van der Waals surface area contributed by atoms with Crippen molar-refractivity contribution in [2.75, 3.05) is 6.54 Å². The fourth-order valence-electron chi connectivity index (χ4n) is 2.49. The molecular weight excluding hydrogens is 214 g/mol. The van der Waals surface area contributed by atoms with E-state index < -0.39 is 0 Å². The van der Waals surface area contributed by atoms with Crippen molar-refractivity contribution in [1.29, 1.82) is 0 Å². The third kappa shape index (κ3) is 2.75. The molecular formula is C13H21N3O. The maximum absolute atomic E-state index is 11.1. The first-order valence-electron chi connectivity index (χ1n) is 6.42. The van der Waals surface area contributed by atoms with Gasteiger partial charge in [-0.15, -0.1) is 0 Å². The number of carbonyl (C=O) groups excluding carboxylic acids is 1. The molecule has 0 aliphatic carbocycles. The Kier molecular flexibility index (Phi) is 3.94. The van der Waals surface area contributed by atoms with Crippen LogP contribution in [-0.2, 0) is 11.3 Å². The lowest BCUT2D eigenvalue weighted by atomic mass is 10.0. The molecule has 1 unspecified atom stereocenters. The van der Waals surface area contributed by atoms with Crippen LogP contribution >= 0.6 is 0 Å². The molecule has 0 amide bonds. The van der Waals surface area contributed by atoms with Crippen LogP contribution in [0.2, 0.25) is 0 Å². The quantitative estimate of drug-likeness (QED) is 0.749. The third-order valence-electron chi connectivity index (χ3n) is 3.49.